The highest BCUT2D eigenvalue weighted by molar-refractivity contribution is 6.19. The summed E-state index contributed by atoms with van der Waals surface area (Å²) in [5.74, 6) is 0.0741. The van der Waals surface area contributed by atoms with Crippen LogP contribution < -0.4 is 14.8 Å². The number of carbonyl (C=O) groups excluding carboxylic acids is 1. The molecular weight excluding hydrogens is 320 g/mol. The molecule has 0 unspecified atom stereocenters. The molecule has 7 nitrogen and oxygen atoms in total. The minimum absolute atomic E-state index is 0.0741. The van der Waals surface area contributed by atoms with E-state index in [1.165, 1.54) is 9.80 Å². The molecule has 134 valence electrons. The number of rotatable bonds is 3. The Labute approximate surface area is 147 Å². The molecule has 0 radical (unpaired) electrons. The summed E-state index contributed by atoms with van der Waals surface area (Å²) in [5.41, 5.74) is 1.06. The highest BCUT2D eigenvalue weighted by Gasteiger charge is 2.65. The Kier molecular flexibility index (Phi) is 4.56. The molecule has 0 aromatic heterocycles. The molecule has 3 aliphatic rings. The molecule has 25 heavy (non-hydrogen) atoms. The number of quaternary nitrogens is 2. The average molecular weight is 346 g/mol. The zero-order valence-electron chi connectivity index (χ0n) is 14.7. The van der Waals surface area contributed by atoms with Crippen molar-refractivity contribution in [3.8, 4) is 0 Å². The summed E-state index contributed by atoms with van der Waals surface area (Å²) >= 11 is 0. The van der Waals surface area contributed by atoms with Crippen LogP contribution in [-0.4, -0.2) is 69.9 Å². The lowest BCUT2D eigenvalue weighted by Crippen LogP contribution is -3.44. The van der Waals surface area contributed by atoms with Crippen molar-refractivity contribution in [3.05, 3.63) is 30.3 Å². The fraction of sp³-hybridized carbons (Fsp3) is 0.556. The number of nitrogens with zero attached hydrogens (tertiary/aromatic N) is 2. The Morgan fingerprint density at radius 1 is 0.960 bits per heavy atom. The minimum atomic E-state index is -0.663. The molecule has 3 heterocycles. The molecule has 1 aromatic carbocycles. The largest absolute Gasteiger partial charge is 0.375 e. The molecule has 2 N–H and O–H groups in total. The van der Waals surface area contributed by atoms with E-state index in [1.54, 1.807) is 5.01 Å². The van der Waals surface area contributed by atoms with Crippen molar-refractivity contribution in [1.29, 1.82) is 0 Å². The predicted molar refractivity (Wildman–Crippen MR) is 92.8 cm³/mol. The number of ether oxygens (including phenoxy) is 2. The van der Waals surface area contributed by atoms with E-state index in [2.05, 4.69) is 0 Å². The number of hydrazone groups is 1. The maximum Gasteiger partial charge on any atom is 0.375 e. The van der Waals surface area contributed by atoms with Crippen molar-refractivity contribution >= 4 is 17.3 Å². The lowest BCUT2D eigenvalue weighted by atomic mass is 9.98. The van der Waals surface area contributed by atoms with Crippen molar-refractivity contribution < 1.29 is 24.1 Å². The summed E-state index contributed by atoms with van der Waals surface area (Å²) < 4.78 is 11.1. The Balaban J connectivity index is 1.75. The second-order valence-electron chi connectivity index (χ2n) is 6.82. The number of morpholine rings is 2. The number of carbonyl (C=O) groups is 1. The maximum atomic E-state index is 13.7. The third kappa shape index (κ3) is 2.67. The molecule has 2 fully saturated rings. The normalized spacial score (nSPS) is 25.2. The van der Waals surface area contributed by atoms with Crippen molar-refractivity contribution in [3.63, 3.8) is 0 Å². The predicted octanol–water partition coefficient (Wildman–Crippen LogP) is -2.06. The van der Waals surface area contributed by atoms with Gasteiger partial charge in [0.05, 0.1) is 32.1 Å². The van der Waals surface area contributed by atoms with Crippen LogP contribution in [0.3, 0.4) is 0 Å². The van der Waals surface area contributed by atoms with Crippen LogP contribution in [-0.2, 0) is 14.3 Å². The topological polar surface area (TPSA) is 60.0 Å². The van der Waals surface area contributed by atoms with Crippen LogP contribution in [0.5, 0.6) is 0 Å². The van der Waals surface area contributed by atoms with Crippen LogP contribution in [0.25, 0.3) is 0 Å². The van der Waals surface area contributed by atoms with Gasteiger partial charge in [0, 0.05) is 0 Å². The first kappa shape index (κ1) is 16.7. The second-order valence-corrected chi connectivity index (χ2v) is 6.82. The van der Waals surface area contributed by atoms with E-state index in [1.807, 2.05) is 37.3 Å². The van der Waals surface area contributed by atoms with Gasteiger partial charge in [0.1, 0.15) is 26.2 Å². The quantitative estimate of drug-likeness (QED) is 0.662. The summed E-state index contributed by atoms with van der Waals surface area (Å²) in [7, 11) is 0. The Morgan fingerprint density at radius 2 is 1.48 bits per heavy atom. The van der Waals surface area contributed by atoms with Crippen LogP contribution in [0.1, 0.15) is 6.92 Å². The summed E-state index contributed by atoms with van der Waals surface area (Å²) in [4.78, 5) is 16.3. The summed E-state index contributed by atoms with van der Waals surface area (Å²) in [6.07, 6.45) is 0. The zero-order valence-corrected chi connectivity index (χ0v) is 14.7. The first-order chi connectivity index (χ1) is 12.2. The van der Waals surface area contributed by atoms with Crippen LogP contribution in [0.15, 0.2) is 35.4 Å². The number of para-hydroxylation sites is 1. The number of anilines is 1. The van der Waals surface area contributed by atoms with Gasteiger partial charge in [0.25, 0.3) is 0 Å². The van der Waals surface area contributed by atoms with E-state index in [9.17, 15) is 4.79 Å². The molecule has 0 saturated carbocycles. The highest BCUT2D eigenvalue weighted by atomic mass is 16.5. The Morgan fingerprint density at radius 3 is 2.00 bits per heavy atom. The van der Waals surface area contributed by atoms with Gasteiger partial charge < -0.3 is 9.47 Å². The van der Waals surface area contributed by atoms with Crippen LogP contribution >= 0.6 is 0 Å². The number of benzene rings is 1. The van der Waals surface area contributed by atoms with Crippen molar-refractivity contribution in [1.82, 2.24) is 0 Å². The van der Waals surface area contributed by atoms with Gasteiger partial charge in [-0.15, -0.1) is 0 Å². The molecule has 2 saturated heterocycles. The van der Waals surface area contributed by atoms with Gasteiger partial charge in [0.15, 0.2) is 5.71 Å². The molecule has 4 rings (SSSR count). The van der Waals surface area contributed by atoms with Gasteiger partial charge in [0.2, 0.25) is 0 Å². The van der Waals surface area contributed by atoms with E-state index < -0.39 is 5.66 Å². The minimum Gasteiger partial charge on any atom is -0.370 e. The molecule has 0 bridgehead atoms. The van der Waals surface area contributed by atoms with Crippen LogP contribution in [0, 0.1) is 0 Å². The molecule has 1 aromatic rings. The summed E-state index contributed by atoms with van der Waals surface area (Å²) in [5, 5.41) is 6.32. The lowest BCUT2D eigenvalue weighted by molar-refractivity contribution is -1.13. The fourth-order valence-electron chi connectivity index (χ4n) is 4.38. The molecule has 7 heteroatoms. The van der Waals surface area contributed by atoms with Crippen molar-refractivity contribution in [2.75, 3.05) is 57.6 Å². The third-order valence-electron chi connectivity index (χ3n) is 5.56. The SMILES string of the molecule is CC1=NN(c2ccccc2)C(=O)C1([NH+]1CCOCC1)[NH+]1CCOCC1. The maximum absolute atomic E-state index is 13.7. The lowest BCUT2D eigenvalue weighted by Gasteiger charge is -2.43. The summed E-state index contributed by atoms with van der Waals surface area (Å²) in [6.45, 7) is 8.05. The van der Waals surface area contributed by atoms with E-state index in [-0.39, 0.29) is 5.91 Å². The van der Waals surface area contributed by atoms with Gasteiger partial charge in [-0.2, -0.15) is 10.1 Å². The molecule has 0 spiro atoms. The molecular formula is C18H26N4O3+2. The van der Waals surface area contributed by atoms with Crippen molar-refractivity contribution in [2.24, 2.45) is 5.10 Å². The fourth-order valence-corrected chi connectivity index (χ4v) is 4.38. The van der Waals surface area contributed by atoms with Crippen LogP contribution in [0.4, 0.5) is 5.69 Å². The number of amides is 1. The highest BCUT2D eigenvalue weighted by Crippen LogP contribution is 2.22. The first-order valence-corrected chi connectivity index (χ1v) is 9.05. The number of hydrogen-bond donors (Lipinski definition) is 2. The van der Waals surface area contributed by atoms with Gasteiger partial charge in [-0.05, 0) is 19.1 Å². The standard InChI is InChI=1S/C18H24N4O3/c1-15-18(20-7-11-24-12-8-20,21-9-13-25-14-10-21)17(23)22(19-15)16-5-3-2-4-6-16/h2-6H,7-14H2,1H3/p+2. The number of nitrogens with one attached hydrogen (secondary N) is 2. The van der Waals surface area contributed by atoms with Gasteiger partial charge in [-0.25, -0.2) is 0 Å². The van der Waals surface area contributed by atoms with Gasteiger partial charge >= 0.3 is 11.6 Å². The Hall–Kier alpha value is -1.80. The van der Waals surface area contributed by atoms with Gasteiger partial charge in [-0.1, -0.05) is 18.2 Å². The molecule has 3 aliphatic heterocycles. The second kappa shape index (κ2) is 6.84. The van der Waals surface area contributed by atoms with E-state index in [4.69, 9.17) is 14.6 Å². The Bertz CT molecular complexity index is 634. The zero-order chi connectivity index (χ0) is 17.3. The van der Waals surface area contributed by atoms with E-state index >= 15 is 0 Å². The molecule has 0 atom stereocenters. The van der Waals surface area contributed by atoms with E-state index in [0.717, 1.165) is 37.6 Å². The monoisotopic (exact) mass is 346 g/mol. The summed E-state index contributed by atoms with van der Waals surface area (Å²) in [6, 6.07) is 9.71. The third-order valence-corrected chi connectivity index (χ3v) is 5.56. The van der Waals surface area contributed by atoms with Crippen LogP contribution in [0.2, 0.25) is 0 Å². The van der Waals surface area contributed by atoms with Crippen molar-refractivity contribution in [2.45, 2.75) is 12.6 Å². The number of hydrogen-bond acceptors (Lipinski definition) is 4. The van der Waals surface area contributed by atoms with Gasteiger partial charge in [-0.3, -0.25) is 14.6 Å². The smallest absolute Gasteiger partial charge is 0.370 e. The molecule has 1 amide bonds. The van der Waals surface area contributed by atoms with E-state index in [0.29, 0.717) is 26.4 Å². The molecule has 0 aliphatic carbocycles. The first-order valence-electron chi connectivity index (χ1n) is 9.05. The average Bonchev–Trinajstić information content (AvgIpc) is 2.95.